The molecule has 0 amide bonds. The Balaban J connectivity index is 2.74. The molecule has 0 radical (unpaired) electrons. The van der Waals surface area contributed by atoms with Crippen LogP contribution in [0.2, 0.25) is 0 Å². The Hall–Kier alpha value is -2.03. The van der Waals surface area contributed by atoms with Gasteiger partial charge in [-0.3, -0.25) is 0 Å². The van der Waals surface area contributed by atoms with E-state index in [1.807, 2.05) is 35.9 Å². The van der Waals surface area contributed by atoms with Crippen LogP contribution >= 0.6 is 0 Å². The molecule has 17 heavy (non-hydrogen) atoms. The van der Waals surface area contributed by atoms with Gasteiger partial charge in [0.1, 0.15) is 0 Å². The maximum absolute atomic E-state index is 11.7. The molecule has 0 aliphatic carbocycles. The minimum Gasteiger partial charge on any atom is -0.465 e. The number of ether oxygens (including phenoxy) is 1. The van der Waals surface area contributed by atoms with E-state index < -0.39 is 0 Å². The number of methoxy groups -OCH3 is 1. The van der Waals surface area contributed by atoms with Crippen LogP contribution in [0.3, 0.4) is 0 Å². The topological polar surface area (TPSA) is 31.2 Å². The molecule has 0 fully saturated rings. The Morgan fingerprint density at radius 1 is 1.53 bits per heavy atom. The number of rotatable bonds is 3. The Morgan fingerprint density at radius 3 is 2.88 bits per heavy atom. The average Bonchev–Trinajstić information content (AvgIpc) is 2.75. The van der Waals surface area contributed by atoms with Gasteiger partial charge in [0.15, 0.2) is 0 Å². The largest absolute Gasteiger partial charge is 0.465 e. The number of fused-ring (bicyclic) bond motifs is 1. The van der Waals surface area contributed by atoms with E-state index in [0.717, 1.165) is 23.0 Å². The van der Waals surface area contributed by atoms with Crippen LogP contribution in [0.5, 0.6) is 0 Å². The molecule has 0 N–H and O–H groups in total. The molecule has 1 aromatic heterocycles. The molecule has 0 unspecified atom stereocenters. The van der Waals surface area contributed by atoms with Gasteiger partial charge in [0.2, 0.25) is 0 Å². The van der Waals surface area contributed by atoms with Crippen molar-refractivity contribution in [3.05, 3.63) is 42.1 Å². The highest BCUT2D eigenvalue weighted by molar-refractivity contribution is 6.04. The minimum atomic E-state index is -0.302. The monoisotopic (exact) mass is 229 g/mol. The van der Waals surface area contributed by atoms with Gasteiger partial charge in [-0.05, 0) is 24.6 Å². The van der Waals surface area contributed by atoms with Crippen LogP contribution in [-0.4, -0.2) is 17.6 Å². The van der Waals surface area contributed by atoms with E-state index in [1.54, 1.807) is 6.08 Å². The lowest BCUT2D eigenvalue weighted by Crippen LogP contribution is -2.00. The molecule has 2 aromatic rings. The lowest BCUT2D eigenvalue weighted by atomic mass is 10.1. The summed E-state index contributed by atoms with van der Waals surface area (Å²) >= 11 is 0. The number of aromatic nitrogens is 1. The third-order valence-electron chi connectivity index (χ3n) is 2.89. The maximum Gasteiger partial charge on any atom is 0.340 e. The molecule has 0 spiro atoms. The Morgan fingerprint density at radius 2 is 2.29 bits per heavy atom. The minimum absolute atomic E-state index is 0.302. The Bertz CT molecular complexity index is 581. The van der Waals surface area contributed by atoms with Crippen molar-refractivity contribution >= 4 is 22.9 Å². The predicted molar refractivity (Wildman–Crippen MR) is 69.0 cm³/mol. The normalized spacial score (nSPS) is 10.5. The SMILES string of the molecule is C=Cc1ccc2c(c1)c(C(=O)OC)cn2CC. The van der Waals surface area contributed by atoms with Crippen molar-refractivity contribution in [1.82, 2.24) is 4.57 Å². The summed E-state index contributed by atoms with van der Waals surface area (Å²) in [7, 11) is 1.40. The summed E-state index contributed by atoms with van der Waals surface area (Å²) in [5, 5.41) is 0.913. The second kappa shape index (κ2) is 4.45. The standard InChI is InChI=1S/C14H15NO2/c1-4-10-6-7-13-11(8-10)12(14(16)17-3)9-15(13)5-2/h4,6-9H,1,5H2,2-3H3. The van der Waals surface area contributed by atoms with Gasteiger partial charge >= 0.3 is 5.97 Å². The van der Waals surface area contributed by atoms with E-state index in [0.29, 0.717) is 5.56 Å². The molecule has 1 aromatic carbocycles. The molecule has 0 bridgehead atoms. The van der Waals surface area contributed by atoms with Crippen LogP contribution in [0.1, 0.15) is 22.8 Å². The van der Waals surface area contributed by atoms with Crippen LogP contribution < -0.4 is 0 Å². The number of aryl methyl sites for hydroxylation is 1. The summed E-state index contributed by atoms with van der Waals surface area (Å²) in [4.78, 5) is 11.7. The summed E-state index contributed by atoms with van der Waals surface area (Å²) in [5.41, 5.74) is 2.64. The van der Waals surface area contributed by atoms with Crippen molar-refractivity contribution in [2.24, 2.45) is 0 Å². The highest BCUT2D eigenvalue weighted by Crippen LogP contribution is 2.24. The van der Waals surface area contributed by atoms with Crippen LogP contribution in [0, 0.1) is 0 Å². The number of carbonyl (C=O) groups excluding carboxylic acids is 1. The van der Waals surface area contributed by atoms with Gasteiger partial charge in [0.05, 0.1) is 12.7 Å². The van der Waals surface area contributed by atoms with Gasteiger partial charge in [-0.15, -0.1) is 0 Å². The summed E-state index contributed by atoms with van der Waals surface area (Å²) in [6.07, 6.45) is 3.60. The zero-order valence-corrected chi connectivity index (χ0v) is 10.1. The van der Waals surface area contributed by atoms with Crippen molar-refractivity contribution < 1.29 is 9.53 Å². The molecular formula is C14H15NO2. The first-order valence-corrected chi connectivity index (χ1v) is 5.55. The second-order valence-electron chi connectivity index (χ2n) is 3.80. The summed E-state index contributed by atoms with van der Waals surface area (Å²) in [6.45, 7) is 6.60. The molecule has 0 atom stereocenters. The third-order valence-corrected chi connectivity index (χ3v) is 2.89. The van der Waals surface area contributed by atoms with Gasteiger partial charge in [-0.1, -0.05) is 18.7 Å². The van der Waals surface area contributed by atoms with Crippen LogP contribution in [0.4, 0.5) is 0 Å². The summed E-state index contributed by atoms with van der Waals surface area (Å²) in [5.74, 6) is -0.302. The zero-order valence-electron chi connectivity index (χ0n) is 10.1. The Labute approximate surface area is 100 Å². The molecule has 88 valence electrons. The fraction of sp³-hybridized carbons (Fsp3) is 0.214. The van der Waals surface area contributed by atoms with Crippen LogP contribution in [-0.2, 0) is 11.3 Å². The molecule has 2 rings (SSSR count). The van der Waals surface area contributed by atoms with E-state index in [-0.39, 0.29) is 5.97 Å². The number of carbonyl (C=O) groups is 1. The van der Waals surface area contributed by atoms with Crippen molar-refractivity contribution in [1.29, 1.82) is 0 Å². The molecule has 0 saturated heterocycles. The van der Waals surface area contributed by atoms with Gasteiger partial charge in [0, 0.05) is 23.6 Å². The lowest BCUT2D eigenvalue weighted by Gasteiger charge is -2.00. The first kappa shape index (κ1) is 11.5. The fourth-order valence-corrected chi connectivity index (χ4v) is 1.98. The first-order valence-electron chi connectivity index (χ1n) is 5.55. The van der Waals surface area contributed by atoms with Gasteiger partial charge in [-0.2, -0.15) is 0 Å². The quantitative estimate of drug-likeness (QED) is 0.757. The number of hydrogen-bond acceptors (Lipinski definition) is 2. The highest BCUT2D eigenvalue weighted by atomic mass is 16.5. The van der Waals surface area contributed by atoms with E-state index >= 15 is 0 Å². The number of nitrogens with zero attached hydrogens (tertiary/aromatic N) is 1. The number of hydrogen-bond donors (Lipinski definition) is 0. The van der Waals surface area contributed by atoms with Crippen molar-refractivity contribution in [2.75, 3.05) is 7.11 Å². The molecule has 0 saturated carbocycles. The van der Waals surface area contributed by atoms with Gasteiger partial charge in [-0.25, -0.2) is 4.79 Å². The molecule has 1 heterocycles. The molecule has 0 aliphatic heterocycles. The van der Waals surface area contributed by atoms with Crippen LogP contribution in [0.15, 0.2) is 31.0 Å². The van der Waals surface area contributed by atoms with Crippen molar-refractivity contribution in [3.63, 3.8) is 0 Å². The molecule has 3 nitrogen and oxygen atoms in total. The second-order valence-corrected chi connectivity index (χ2v) is 3.80. The molecular weight excluding hydrogens is 214 g/mol. The van der Waals surface area contributed by atoms with E-state index in [1.165, 1.54) is 7.11 Å². The summed E-state index contributed by atoms with van der Waals surface area (Å²) < 4.78 is 6.83. The zero-order chi connectivity index (χ0) is 12.4. The van der Waals surface area contributed by atoms with Gasteiger partial charge in [0.25, 0.3) is 0 Å². The molecule has 0 aliphatic rings. The van der Waals surface area contributed by atoms with Crippen molar-refractivity contribution in [3.8, 4) is 0 Å². The van der Waals surface area contributed by atoms with Crippen molar-refractivity contribution in [2.45, 2.75) is 13.5 Å². The number of benzene rings is 1. The third kappa shape index (κ3) is 1.84. The van der Waals surface area contributed by atoms with Crippen LogP contribution in [0.25, 0.3) is 17.0 Å². The van der Waals surface area contributed by atoms with E-state index in [2.05, 4.69) is 6.58 Å². The fourth-order valence-electron chi connectivity index (χ4n) is 1.98. The maximum atomic E-state index is 11.7. The summed E-state index contributed by atoms with van der Waals surface area (Å²) in [6, 6.07) is 5.95. The predicted octanol–water partition coefficient (Wildman–Crippen LogP) is 3.09. The van der Waals surface area contributed by atoms with E-state index in [4.69, 9.17) is 4.74 Å². The lowest BCUT2D eigenvalue weighted by molar-refractivity contribution is 0.0603. The molecule has 3 heteroatoms. The smallest absolute Gasteiger partial charge is 0.340 e. The van der Waals surface area contributed by atoms with Gasteiger partial charge < -0.3 is 9.30 Å². The number of esters is 1. The Kier molecular flexibility index (Phi) is 3.00. The average molecular weight is 229 g/mol. The van der Waals surface area contributed by atoms with E-state index in [9.17, 15) is 4.79 Å². The first-order chi connectivity index (χ1) is 8.21. The highest BCUT2D eigenvalue weighted by Gasteiger charge is 2.14.